The Hall–Kier alpha value is -2.02. The van der Waals surface area contributed by atoms with Crippen molar-refractivity contribution in [3.05, 3.63) is 53.7 Å². The van der Waals surface area contributed by atoms with Crippen LogP contribution in [0, 0.1) is 0 Å². The standard InChI is InChI=1S/C17H17F3N2OS/c1-11(2)12-5-7-13(8-6-12)22-15(23)14-4-3-9-21-16(14)24-10-17(18,19)20/h3-9,11H,10H2,1-2H3,(H,22,23). The van der Waals surface area contributed by atoms with Gasteiger partial charge in [0.1, 0.15) is 5.03 Å². The summed E-state index contributed by atoms with van der Waals surface area (Å²) in [5.74, 6) is -1.20. The van der Waals surface area contributed by atoms with E-state index in [0.29, 0.717) is 23.4 Å². The Labute approximate surface area is 142 Å². The first-order chi connectivity index (χ1) is 11.3. The van der Waals surface area contributed by atoms with Gasteiger partial charge in [0.15, 0.2) is 0 Å². The molecule has 0 bridgehead atoms. The van der Waals surface area contributed by atoms with Gasteiger partial charge in [0, 0.05) is 11.9 Å². The van der Waals surface area contributed by atoms with Crippen LogP contribution in [0.5, 0.6) is 0 Å². The van der Waals surface area contributed by atoms with Crippen LogP contribution >= 0.6 is 11.8 Å². The molecular weight excluding hydrogens is 337 g/mol. The molecular formula is C17H17F3N2OS. The summed E-state index contributed by atoms with van der Waals surface area (Å²) in [5, 5.41) is 2.75. The summed E-state index contributed by atoms with van der Waals surface area (Å²) >= 11 is 0.502. The number of halogens is 3. The third-order valence-corrected chi connectivity index (χ3v) is 4.29. The van der Waals surface area contributed by atoms with Crippen molar-refractivity contribution in [2.24, 2.45) is 0 Å². The van der Waals surface area contributed by atoms with E-state index >= 15 is 0 Å². The molecule has 1 heterocycles. The van der Waals surface area contributed by atoms with Crippen LogP contribution in [0.15, 0.2) is 47.6 Å². The number of benzene rings is 1. The van der Waals surface area contributed by atoms with E-state index < -0.39 is 17.8 Å². The van der Waals surface area contributed by atoms with Gasteiger partial charge in [0.05, 0.1) is 11.3 Å². The van der Waals surface area contributed by atoms with Crippen molar-refractivity contribution in [3.63, 3.8) is 0 Å². The van der Waals surface area contributed by atoms with Gasteiger partial charge in [-0.05, 0) is 35.7 Å². The highest BCUT2D eigenvalue weighted by Gasteiger charge is 2.28. The highest BCUT2D eigenvalue weighted by molar-refractivity contribution is 7.99. The average molecular weight is 354 g/mol. The lowest BCUT2D eigenvalue weighted by Gasteiger charge is -2.11. The van der Waals surface area contributed by atoms with Gasteiger partial charge in [-0.25, -0.2) is 4.98 Å². The maximum atomic E-state index is 12.4. The molecule has 0 fully saturated rings. The number of alkyl halides is 3. The molecule has 0 saturated heterocycles. The Morgan fingerprint density at radius 2 is 1.88 bits per heavy atom. The van der Waals surface area contributed by atoms with Crippen molar-refractivity contribution in [1.29, 1.82) is 0 Å². The highest BCUT2D eigenvalue weighted by Crippen LogP contribution is 2.28. The first-order valence-electron chi connectivity index (χ1n) is 7.32. The molecule has 24 heavy (non-hydrogen) atoms. The number of anilines is 1. The molecule has 1 amide bonds. The summed E-state index contributed by atoms with van der Waals surface area (Å²) in [6.45, 7) is 4.13. The number of carbonyl (C=O) groups excluding carboxylic acids is 1. The van der Waals surface area contributed by atoms with E-state index in [1.54, 1.807) is 12.1 Å². The second-order valence-electron chi connectivity index (χ2n) is 5.49. The third-order valence-electron chi connectivity index (χ3n) is 3.22. The number of nitrogens with one attached hydrogen (secondary N) is 1. The maximum Gasteiger partial charge on any atom is 0.398 e. The van der Waals surface area contributed by atoms with E-state index in [0.717, 1.165) is 5.56 Å². The van der Waals surface area contributed by atoms with E-state index in [2.05, 4.69) is 24.1 Å². The summed E-state index contributed by atoms with van der Waals surface area (Å²) in [6, 6.07) is 10.3. The van der Waals surface area contributed by atoms with Crippen LogP contribution in [0.4, 0.5) is 18.9 Å². The lowest BCUT2D eigenvalue weighted by atomic mass is 10.0. The van der Waals surface area contributed by atoms with Crippen molar-refractivity contribution in [2.45, 2.75) is 31.0 Å². The molecule has 0 atom stereocenters. The summed E-state index contributed by atoms with van der Waals surface area (Å²) in [5.41, 5.74) is 1.84. The fourth-order valence-electron chi connectivity index (χ4n) is 1.98. The Morgan fingerprint density at radius 3 is 2.46 bits per heavy atom. The molecule has 0 radical (unpaired) electrons. The summed E-state index contributed by atoms with van der Waals surface area (Å²) in [7, 11) is 0. The van der Waals surface area contributed by atoms with Crippen LogP contribution in [0.1, 0.15) is 35.7 Å². The molecule has 1 N–H and O–H groups in total. The average Bonchev–Trinajstić information content (AvgIpc) is 2.53. The van der Waals surface area contributed by atoms with E-state index in [-0.39, 0.29) is 10.6 Å². The molecule has 0 spiro atoms. The second-order valence-corrected chi connectivity index (χ2v) is 6.45. The van der Waals surface area contributed by atoms with Crippen LogP contribution in [0.2, 0.25) is 0 Å². The predicted octanol–water partition coefficient (Wildman–Crippen LogP) is 5.11. The Bertz CT molecular complexity index is 700. The number of pyridine rings is 1. The van der Waals surface area contributed by atoms with Gasteiger partial charge >= 0.3 is 6.18 Å². The minimum Gasteiger partial charge on any atom is -0.322 e. The molecule has 7 heteroatoms. The van der Waals surface area contributed by atoms with Crippen LogP contribution < -0.4 is 5.32 Å². The summed E-state index contributed by atoms with van der Waals surface area (Å²) < 4.78 is 37.1. The molecule has 0 saturated carbocycles. The van der Waals surface area contributed by atoms with Gasteiger partial charge in [-0.15, -0.1) is 0 Å². The van der Waals surface area contributed by atoms with Gasteiger partial charge in [-0.1, -0.05) is 37.7 Å². The van der Waals surface area contributed by atoms with Crippen molar-refractivity contribution in [3.8, 4) is 0 Å². The maximum absolute atomic E-state index is 12.4. The molecule has 1 aromatic carbocycles. The Kier molecular flexibility index (Phi) is 5.88. The van der Waals surface area contributed by atoms with Crippen molar-refractivity contribution >= 4 is 23.4 Å². The zero-order chi connectivity index (χ0) is 17.7. The molecule has 3 nitrogen and oxygen atoms in total. The van der Waals surface area contributed by atoms with E-state index in [1.807, 2.05) is 12.1 Å². The number of rotatable bonds is 5. The van der Waals surface area contributed by atoms with Gasteiger partial charge in [0.25, 0.3) is 5.91 Å². The first kappa shape index (κ1) is 18.3. The highest BCUT2D eigenvalue weighted by atomic mass is 32.2. The van der Waals surface area contributed by atoms with Crippen LogP contribution in [-0.2, 0) is 0 Å². The zero-order valence-electron chi connectivity index (χ0n) is 13.2. The van der Waals surface area contributed by atoms with Crippen LogP contribution in [0.3, 0.4) is 0 Å². The van der Waals surface area contributed by atoms with E-state index in [4.69, 9.17) is 0 Å². The lowest BCUT2D eigenvalue weighted by molar-refractivity contribution is -0.105. The van der Waals surface area contributed by atoms with E-state index in [1.165, 1.54) is 18.3 Å². The largest absolute Gasteiger partial charge is 0.398 e. The van der Waals surface area contributed by atoms with Crippen LogP contribution in [-0.4, -0.2) is 22.8 Å². The Morgan fingerprint density at radius 1 is 1.21 bits per heavy atom. The van der Waals surface area contributed by atoms with Crippen molar-refractivity contribution in [1.82, 2.24) is 4.98 Å². The number of carbonyl (C=O) groups is 1. The quantitative estimate of drug-likeness (QED) is 0.759. The number of aromatic nitrogens is 1. The summed E-state index contributed by atoms with van der Waals surface area (Å²) in [6.07, 6.45) is -2.95. The summed E-state index contributed by atoms with van der Waals surface area (Å²) in [4.78, 5) is 16.2. The SMILES string of the molecule is CC(C)c1ccc(NC(=O)c2cccnc2SCC(F)(F)F)cc1. The number of hydrogen-bond acceptors (Lipinski definition) is 3. The zero-order valence-corrected chi connectivity index (χ0v) is 14.0. The smallest absolute Gasteiger partial charge is 0.322 e. The molecule has 0 aliphatic rings. The lowest BCUT2D eigenvalue weighted by Crippen LogP contribution is -2.15. The van der Waals surface area contributed by atoms with Crippen LogP contribution in [0.25, 0.3) is 0 Å². The predicted molar refractivity (Wildman–Crippen MR) is 89.5 cm³/mol. The van der Waals surface area contributed by atoms with Gasteiger partial charge in [-0.2, -0.15) is 13.2 Å². The van der Waals surface area contributed by atoms with Gasteiger partial charge in [-0.3, -0.25) is 4.79 Å². The normalized spacial score (nSPS) is 11.6. The topological polar surface area (TPSA) is 42.0 Å². The molecule has 1 aromatic heterocycles. The van der Waals surface area contributed by atoms with Crippen molar-refractivity contribution < 1.29 is 18.0 Å². The number of nitrogens with zero attached hydrogens (tertiary/aromatic N) is 1. The monoisotopic (exact) mass is 354 g/mol. The second kappa shape index (κ2) is 7.70. The molecule has 0 unspecified atom stereocenters. The molecule has 0 aliphatic heterocycles. The fraction of sp³-hybridized carbons (Fsp3) is 0.294. The minimum absolute atomic E-state index is 0.0612. The van der Waals surface area contributed by atoms with Gasteiger partial charge in [0.2, 0.25) is 0 Å². The molecule has 0 aliphatic carbocycles. The minimum atomic E-state index is -4.32. The first-order valence-corrected chi connectivity index (χ1v) is 8.30. The number of amides is 1. The molecule has 2 aromatic rings. The van der Waals surface area contributed by atoms with E-state index in [9.17, 15) is 18.0 Å². The molecule has 2 rings (SSSR count). The molecule has 128 valence electrons. The Balaban J connectivity index is 2.12. The van der Waals surface area contributed by atoms with Crippen molar-refractivity contribution in [2.75, 3.05) is 11.1 Å². The third kappa shape index (κ3) is 5.26. The fourth-order valence-corrected chi connectivity index (χ4v) is 2.73. The number of thioether (sulfide) groups is 1. The number of hydrogen-bond donors (Lipinski definition) is 1. The van der Waals surface area contributed by atoms with Gasteiger partial charge < -0.3 is 5.32 Å².